The van der Waals surface area contributed by atoms with Gasteiger partial charge in [0.1, 0.15) is 5.82 Å². The van der Waals surface area contributed by atoms with Crippen LogP contribution in [0.1, 0.15) is 29.8 Å². The summed E-state index contributed by atoms with van der Waals surface area (Å²) in [4.78, 5) is 4.31. The lowest BCUT2D eigenvalue weighted by Gasteiger charge is -2.14. The molecule has 0 spiro atoms. The maximum Gasteiger partial charge on any atom is 0.149 e. The molecule has 0 fully saturated rings. The van der Waals surface area contributed by atoms with E-state index in [-0.39, 0.29) is 0 Å². The Bertz CT molecular complexity index is 557. The highest BCUT2D eigenvalue weighted by Crippen LogP contribution is 2.28. The summed E-state index contributed by atoms with van der Waals surface area (Å²) in [6.45, 7) is 2.00. The number of anilines is 1. The Morgan fingerprint density at radius 1 is 1.29 bits per heavy atom. The van der Waals surface area contributed by atoms with Gasteiger partial charge in [0.25, 0.3) is 0 Å². The van der Waals surface area contributed by atoms with Crippen molar-refractivity contribution in [1.29, 1.82) is 0 Å². The first kappa shape index (κ1) is 10.3. The van der Waals surface area contributed by atoms with Crippen LogP contribution in [0, 0.1) is 6.92 Å². The van der Waals surface area contributed by atoms with Crippen molar-refractivity contribution in [3.63, 3.8) is 0 Å². The molecule has 17 heavy (non-hydrogen) atoms. The minimum absolute atomic E-state index is 0.683. The van der Waals surface area contributed by atoms with E-state index in [9.17, 15) is 0 Å². The van der Waals surface area contributed by atoms with Crippen molar-refractivity contribution in [1.82, 2.24) is 14.8 Å². The number of pyridine rings is 1. The number of nitrogens with zero attached hydrogens (tertiary/aromatic N) is 3. The van der Waals surface area contributed by atoms with Gasteiger partial charge in [-0.2, -0.15) is 5.10 Å². The molecule has 2 N–H and O–H groups in total. The van der Waals surface area contributed by atoms with Gasteiger partial charge in [-0.3, -0.25) is 4.98 Å². The van der Waals surface area contributed by atoms with Gasteiger partial charge in [-0.1, -0.05) is 0 Å². The van der Waals surface area contributed by atoms with Gasteiger partial charge in [0, 0.05) is 17.5 Å². The average molecular weight is 228 g/mol. The lowest BCUT2D eigenvalue weighted by atomic mass is 9.97. The number of nitrogens with two attached hydrogens (primary N) is 1. The molecule has 0 atom stereocenters. The van der Waals surface area contributed by atoms with E-state index in [2.05, 4.69) is 10.1 Å². The average Bonchev–Trinajstić information content (AvgIpc) is 2.68. The van der Waals surface area contributed by atoms with Gasteiger partial charge < -0.3 is 5.73 Å². The maximum absolute atomic E-state index is 6.00. The van der Waals surface area contributed by atoms with Crippen molar-refractivity contribution in [2.24, 2.45) is 0 Å². The molecule has 2 aromatic rings. The zero-order chi connectivity index (χ0) is 11.8. The largest absolute Gasteiger partial charge is 0.382 e. The van der Waals surface area contributed by atoms with Gasteiger partial charge in [0.15, 0.2) is 0 Å². The Hall–Kier alpha value is -1.84. The van der Waals surface area contributed by atoms with E-state index in [1.807, 2.05) is 23.7 Å². The summed E-state index contributed by atoms with van der Waals surface area (Å²) in [5.41, 5.74) is 10.5. The number of fused-ring (bicyclic) bond motifs is 1. The van der Waals surface area contributed by atoms with Crippen LogP contribution in [0.4, 0.5) is 5.82 Å². The smallest absolute Gasteiger partial charge is 0.149 e. The summed E-state index contributed by atoms with van der Waals surface area (Å²) in [5.74, 6) is 0.683. The molecule has 0 unspecified atom stereocenters. The first-order valence-electron chi connectivity index (χ1n) is 6.05. The normalized spacial score (nSPS) is 14.6. The molecule has 4 heteroatoms. The van der Waals surface area contributed by atoms with Crippen LogP contribution in [-0.4, -0.2) is 14.8 Å². The number of hydrogen-bond acceptors (Lipinski definition) is 3. The van der Waals surface area contributed by atoms with Gasteiger partial charge in [0.2, 0.25) is 0 Å². The number of aromatic nitrogens is 3. The van der Waals surface area contributed by atoms with Crippen molar-refractivity contribution >= 4 is 5.82 Å². The second-order valence-electron chi connectivity index (χ2n) is 4.54. The zero-order valence-electron chi connectivity index (χ0n) is 9.98. The third kappa shape index (κ3) is 1.60. The summed E-state index contributed by atoms with van der Waals surface area (Å²) in [5, 5.41) is 4.48. The minimum atomic E-state index is 0.683. The summed E-state index contributed by atoms with van der Waals surface area (Å²) < 4.78 is 1.98. The van der Waals surface area contributed by atoms with Crippen LogP contribution in [0.25, 0.3) is 5.69 Å². The highest BCUT2D eigenvalue weighted by molar-refractivity contribution is 5.49. The number of aryl methyl sites for hydroxylation is 1. The summed E-state index contributed by atoms with van der Waals surface area (Å²) >= 11 is 0. The van der Waals surface area contributed by atoms with Crippen LogP contribution in [0.5, 0.6) is 0 Å². The van der Waals surface area contributed by atoms with E-state index in [1.165, 1.54) is 24.1 Å². The molecule has 0 amide bonds. The fourth-order valence-electron chi connectivity index (χ4n) is 2.53. The monoisotopic (exact) mass is 228 g/mol. The molecule has 0 aliphatic heterocycles. The fraction of sp³-hybridized carbons (Fsp3) is 0.385. The first-order valence-corrected chi connectivity index (χ1v) is 6.05. The Balaban J connectivity index is 2.19. The van der Waals surface area contributed by atoms with Crippen LogP contribution in [0.3, 0.4) is 0 Å². The molecule has 2 heterocycles. The van der Waals surface area contributed by atoms with Crippen LogP contribution in [-0.2, 0) is 12.8 Å². The molecule has 0 bridgehead atoms. The maximum atomic E-state index is 6.00. The zero-order valence-corrected chi connectivity index (χ0v) is 9.98. The Labute approximate surface area is 100 Å². The predicted molar refractivity (Wildman–Crippen MR) is 67.2 cm³/mol. The minimum Gasteiger partial charge on any atom is -0.382 e. The molecule has 4 nitrogen and oxygen atoms in total. The van der Waals surface area contributed by atoms with E-state index < -0.39 is 0 Å². The van der Waals surface area contributed by atoms with Crippen molar-refractivity contribution < 1.29 is 0 Å². The van der Waals surface area contributed by atoms with Gasteiger partial charge in [-0.25, -0.2) is 4.68 Å². The van der Waals surface area contributed by atoms with Crippen molar-refractivity contribution in [3.8, 4) is 5.69 Å². The van der Waals surface area contributed by atoms with Crippen molar-refractivity contribution in [2.75, 3.05) is 5.73 Å². The van der Waals surface area contributed by atoms with Crippen LogP contribution in [0.15, 0.2) is 18.3 Å². The molecule has 3 rings (SSSR count). The Kier molecular flexibility index (Phi) is 2.35. The first-order chi connectivity index (χ1) is 8.27. The topological polar surface area (TPSA) is 56.7 Å². The van der Waals surface area contributed by atoms with Crippen molar-refractivity contribution in [3.05, 3.63) is 35.3 Å². The van der Waals surface area contributed by atoms with E-state index in [0.29, 0.717) is 5.82 Å². The van der Waals surface area contributed by atoms with Gasteiger partial charge >= 0.3 is 0 Å². The molecular formula is C13H16N4. The third-order valence-electron chi connectivity index (χ3n) is 3.42. The second-order valence-corrected chi connectivity index (χ2v) is 4.54. The molecule has 0 aromatic carbocycles. The van der Waals surface area contributed by atoms with Crippen LogP contribution >= 0.6 is 0 Å². The molecule has 0 saturated carbocycles. The lowest BCUT2D eigenvalue weighted by molar-refractivity contribution is 0.652. The number of hydrogen-bond donors (Lipinski definition) is 1. The van der Waals surface area contributed by atoms with Crippen LogP contribution < -0.4 is 5.73 Å². The quantitative estimate of drug-likeness (QED) is 0.812. The highest BCUT2D eigenvalue weighted by atomic mass is 15.3. The Morgan fingerprint density at radius 2 is 2.12 bits per heavy atom. The molecule has 1 aliphatic carbocycles. The molecule has 0 radical (unpaired) electrons. The van der Waals surface area contributed by atoms with Gasteiger partial charge in [-0.15, -0.1) is 0 Å². The summed E-state index contributed by atoms with van der Waals surface area (Å²) in [6.07, 6.45) is 6.36. The van der Waals surface area contributed by atoms with Crippen molar-refractivity contribution in [2.45, 2.75) is 32.6 Å². The third-order valence-corrected chi connectivity index (χ3v) is 3.42. The van der Waals surface area contributed by atoms with Gasteiger partial charge in [0.05, 0.1) is 11.4 Å². The SMILES string of the molecule is Cc1ncccc1-n1nc(N)c2c1CCCC2. The van der Waals surface area contributed by atoms with E-state index in [4.69, 9.17) is 5.73 Å². The number of rotatable bonds is 1. The molecular weight excluding hydrogens is 212 g/mol. The van der Waals surface area contributed by atoms with E-state index >= 15 is 0 Å². The fourth-order valence-corrected chi connectivity index (χ4v) is 2.53. The molecule has 2 aromatic heterocycles. The van der Waals surface area contributed by atoms with E-state index in [1.54, 1.807) is 6.20 Å². The molecule has 88 valence electrons. The highest BCUT2D eigenvalue weighted by Gasteiger charge is 2.20. The standard InChI is InChI=1S/C13H16N4/c1-9-11(7-4-8-15-9)17-12-6-3-2-5-10(12)13(14)16-17/h4,7-8H,2-3,5-6H2,1H3,(H2,14,16). The predicted octanol–water partition coefficient (Wildman–Crippen LogP) is 2.04. The summed E-state index contributed by atoms with van der Waals surface area (Å²) in [7, 11) is 0. The number of nitrogen functional groups attached to an aromatic ring is 1. The lowest BCUT2D eigenvalue weighted by Crippen LogP contribution is -2.09. The Morgan fingerprint density at radius 3 is 2.94 bits per heavy atom. The second kappa shape index (κ2) is 3.87. The summed E-state index contributed by atoms with van der Waals surface area (Å²) in [6, 6.07) is 3.99. The molecule has 1 aliphatic rings. The van der Waals surface area contributed by atoms with E-state index in [0.717, 1.165) is 24.2 Å². The van der Waals surface area contributed by atoms with Gasteiger partial charge in [-0.05, 0) is 44.7 Å². The molecule has 0 saturated heterocycles. The van der Waals surface area contributed by atoms with Crippen LogP contribution in [0.2, 0.25) is 0 Å².